The van der Waals surface area contributed by atoms with Crippen molar-refractivity contribution in [1.29, 1.82) is 0 Å². The average Bonchev–Trinajstić information content (AvgIpc) is 3.02. The summed E-state index contributed by atoms with van der Waals surface area (Å²) in [5.74, 6) is 0. The van der Waals surface area contributed by atoms with Crippen molar-refractivity contribution in [1.82, 2.24) is 24.2 Å². The number of hydrogen-bond acceptors (Lipinski definition) is 5. The maximum Gasteiger partial charge on any atom is 0.259 e. The third kappa shape index (κ3) is 3.61. The molecule has 0 aliphatic carbocycles. The van der Waals surface area contributed by atoms with Gasteiger partial charge >= 0.3 is 0 Å². The normalized spacial score (nSPS) is 11.5. The standard InChI is InChI=1S/C15H15N5O2S/c1-20-9-15(18-11-20)23(21,22)19-8-13-7-14(17-10-16-13)12-5-3-2-4-6-12/h2-7,9-11,19H,8H2,1H3. The fraction of sp³-hybridized carbons (Fsp3) is 0.133. The maximum atomic E-state index is 12.1. The van der Waals surface area contributed by atoms with Crippen LogP contribution in [0.2, 0.25) is 0 Å². The van der Waals surface area contributed by atoms with Crippen LogP contribution in [0.15, 0.2) is 60.3 Å². The molecule has 1 aromatic carbocycles. The van der Waals surface area contributed by atoms with Crippen molar-refractivity contribution in [3.63, 3.8) is 0 Å². The zero-order valence-corrected chi connectivity index (χ0v) is 13.2. The first kappa shape index (κ1) is 15.3. The number of aryl methyl sites for hydroxylation is 1. The third-order valence-electron chi connectivity index (χ3n) is 3.19. The monoisotopic (exact) mass is 329 g/mol. The molecule has 0 bridgehead atoms. The number of imidazole rings is 1. The van der Waals surface area contributed by atoms with Crippen LogP contribution in [-0.2, 0) is 23.6 Å². The summed E-state index contributed by atoms with van der Waals surface area (Å²) in [6, 6.07) is 11.4. The Bertz CT molecular complexity index is 906. The summed E-state index contributed by atoms with van der Waals surface area (Å²) in [4.78, 5) is 12.2. The van der Waals surface area contributed by atoms with Gasteiger partial charge in [0.1, 0.15) is 6.33 Å². The first-order chi connectivity index (χ1) is 11.0. The highest BCUT2D eigenvalue weighted by Crippen LogP contribution is 2.16. The van der Waals surface area contributed by atoms with Gasteiger partial charge in [-0.05, 0) is 6.07 Å². The first-order valence-corrected chi connectivity index (χ1v) is 8.37. The van der Waals surface area contributed by atoms with Gasteiger partial charge in [-0.3, -0.25) is 0 Å². The van der Waals surface area contributed by atoms with E-state index in [9.17, 15) is 8.42 Å². The average molecular weight is 329 g/mol. The minimum Gasteiger partial charge on any atom is -0.339 e. The second-order valence-corrected chi connectivity index (χ2v) is 6.68. The minimum atomic E-state index is -3.66. The second-order valence-electron chi connectivity index (χ2n) is 4.96. The maximum absolute atomic E-state index is 12.1. The molecule has 0 aliphatic rings. The van der Waals surface area contributed by atoms with Crippen LogP contribution in [0.5, 0.6) is 0 Å². The molecule has 8 heteroatoms. The number of nitrogens with zero attached hydrogens (tertiary/aromatic N) is 4. The van der Waals surface area contributed by atoms with Gasteiger partial charge in [-0.2, -0.15) is 0 Å². The zero-order valence-electron chi connectivity index (χ0n) is 12.4. The quantitative estimate of drug-likeness (QED) is 0.763. The summed E-state index contributed by atoms with van der Waals surface area (Å²) >= 11 is 0. The van der Waals surface area contributed by atoms with Gasteiger partial charge in [0.15, 0.2) is 5.03 Å². The Kier molecular flexibility index (Phi) is 4.18. The number of sulfonamides is 1. The molecule has 0 fully saturated rings. The fourth-order valence-electron chi connectivity index (χ4n) is 2.03. The van der Waals surface area contributed by atoms with Crippen LogP contribution in [0.25, 0.3) is 11.3 Å². The van der Waals surface area contributed by atoms with Gasteiger partial charge in [-0.1, -0.05) is 30.3 Å². The molecule has 118 valence electrons. The molecular weight excluding hydrogens is 314 g/mol. The van der Waals surface area contributed by atoms with E-state index in [1.165, 1.54) is 18.9 Å². The van der Waals surface area contributed by atoms with Crippen LogP contribution in [0.3, 0.4) is 0 Å². The lowest BCUT2D eigenvalue weighted by molar-refractivity contribution is 0.577. The molecule has 0 saturated heterocycles. The Balaban J connectivity index is 1.76. The molecule has 3 aromatic rings. The molecule has 2 aromatic heterocycles. The summed E-state index contributed by atoms with van der Waals surface area (Å²) in [6.07, 6.45) is 4.30. The molecule has 0 saturated carbocycles. The van der Waals surface area contributed by atoms with Crippen molar-refractivity contribution in [2.45, 2.75) is 11.6 Å². The van der Waals surface area contributed by atoms with Crippen LogP contribution in [-0.4, -0.2) is 27.9 Å². The van der Waals surface area contributed by atoms with E-state index in [1.54, 1.807) is 17.7 Å². The highest BCUT2D eigenvalue weighted by molar-refractivity contribution is 7.89. The molecule has 0 radical (unpaired) electrons. The molecule has 23 heavy (non-hydrogen) atoms. The van der Waals surface area contributed by atoms with Gasteiger partial charge < -0.3 is 4.57 Å². The lowest BCUT2D eigenvalue weighted by atomic mass is 10.1. The predicted molar refractivity (Wildman–Crippen MR) is 84.7 cm³/mol. The summed E-state index contributed by atoms with van der Waals surface area (Å²) in [5, 5.41) is -0.0164. The molecule has 7 nitrogen and oxygen atoms in total. The van der Waals surface area contributed by atoms with Crippen molar-refractivity contribution in [3.8, 4) is 11.3 Å². The first-order valence-electron chi connectivity index (χ1n) is 6.88. The molecule has 2 heterocycles. The van der Waals surface area contributed by atoms with Gasteiger partial charge in [-0.15, -0.1) is 0 Å². The Morgan fingerprint density at radius 1 is 1.13 bits per heavy atom. The van der Waals surface area contributed by atoms with Crippen LogP contribution in [0.1, 0.15) is 5.69 Å². The highest BCUT2D eigenvalue weighted by Gasteiger charge is 2.16. The topological polar surface area (TPSA) is 89.8 Å². The lowest BCUT2D eigenvalue weighted by Crippen LogP contribution is -2.24. The van der Waals surface area contributed by atoms with Crippen LogP contribution in [0.4, 0.5) is 0 Å². The van der Waals surface area contributed by atoms with E-state index in [1.807, 2.05) is 30.3 Å². The Morgan fingerprint density at radius 3 is 2.61 bits per heavy atom. The summed E-state index contributed by atoms with van der Waals surface area (Å²) in [6.45, 7) is 0.0707. The Labute approximate surface area is 134 Å². The minimum absolute atomic E-state index is 0.0164. The van der Waals surface area contributed by atoms with Gasteiger partial charge in [0, 0.05) is 18.8 Å². The number of aromatic nitrogens is 4. The molecule has 0 atom stereocenters. The zero-order chi connectivity index (χ0) is 16.3. The smallest absolute Gasteiger partial charge is 0.259 e. The van der Waals surface area contributed by atoms with E-state index < -0.39 is 10.0 Å². The van der Waals surface area contributed by atoms with E-state index in [0.29, 0.717) is 5.69 Å². The summed E-state index contributed by atoms with van der Waals surface area (Å²) in [5.41, 5.74) is 2.27. The van der Waals surface area contributed by atoms with Crippen LogP contribution < -0.4 is 4.72 Å². The van der Waals surface area contributed by atoms with E-state index >= 15 is 0 Å². The summed E-state index contributed by atoms with van der Waals surface area (Å²) < 4.78 is 28.4. The molecule has 0 spiro atoms. The highest BCUT2D eigenvalue weighted by atomic mass is 32.2. The van der Waals surface area contributed by atoms with Crippen LogP contribution >= 0.6 is 0 Å². The predicted octanol–water partition coefficient (Wildman–Crippen LogP) is 1.36. The van der Waals surface area contributed by atoms with Crippen molar-refractivity contribution < 1.29 is 8.42 Å². The second kappa shape index (κ2) is 6.27. The van der Waals surface area contributed by atoms with Crippen molar-refractivity contribution in [2.24, 2.45) is 7.05 Å². The SMILES string of the molecule is Cn1cnc(S(=O)(=O)NCc2cc(-c3ccccc3)ncn2)c1. The van der Waals surface area contributed by atoms with Crippen molar-refractivity contribution >= 4 is 10.0 Å². The van der Waals surface area contributed by atoms with E-state index in [-0.39, 0.29) is 11.6 Å². The third-order valence-corrected chi connectivity index (χ3v) is 4.48. The molecular formula is C15H15N5O2S. The Hall–Kier alpha value is -2.58. The van der Waals surface area contributed by atoms with E-state index in [0.717, 1.165) is 11.3 Å². The fourth-order valence-corrected chi connectivity index (χ4v) is 3.01. The number of rotatable bonds is 5. The van der Waals surface area contributed by atoms with Crippen molar-refractivity contribution in [2.75, 3.05) is 0 Å². The molecule has 0 aliphatic heterocycles. The van der Waals surface area contributed by atoms with Gasteiger partial charge in [-0.25, -0.2) is 28.1 Å². The summed E-state index contributed by atoms with van der Waals surface area (Å²) in [7, 11) is -1.95. The largest absolute Gasteiger partial charge is 0.339 e. The molecule has 0 amide bonds. The van der Waals surface area contributed by atoms with Gasteiger partial charge in [0.25, 0.3) is 10.0 Å². The van der Waals surface area contributed by atoms with Crippen molar-refractivity contribution in [3.05, 3.63) is 60.9 Å². The molecule has 3 rings (SSSR count). The van der Waals surface area contributed by atoms with Gasteiger partial charge in [0.2, 0.25) is 0 Å². The van der Waals surface area contributed by atoms with Crippen LogP contribution in [0, 0.1) is 0 Å². The number of hydrogen-bond donors (Lipinski definition) is 1. The van der Waals surface area contributed by atoms with Gasteiger partial charge in [0.05, 0.1) is 24.3 Å². The number of benzene rings is 1. The molecule has 1 N–H and O–H groups in total. The number of nitrogens with one attached hydrogen (secondary N) is 1. The lowest BCUT2D eigenvalue weighted by Gasteiger charge is -2.05. The van der Waals surface area contributed by atoms with E-state index in [4.69, 9.17) is 0 Å². The molecule has 0 unspecified atom stereocenters. The Morgan fingerprint density at radius 2 is 1.91 bits per heavy atom. The van der Waals surface area contributed by atoms with E-state index in [2.05, 4.69) is 19.7 Å².